The number of carbonyl (C=O) groups is 2. The molecule has 1 aromatic carbocycles. The molecular formula is C22H28N4O2. The van der Waals surface area contributed by atoms with Gasteiger partial charge in [-0.25, -0.2) is 0 Å². The van der Waals surface area contributed by atoms with E-state index in [1.165, 1.54) is 0 Å². The fourth-order valence-electron chi connectivity index (χ4n) is 4.57. The first-order valence-corrected chi connectivity index (χ1v) is 10.3. The number of benzene rings is 1. The molecule has 2 saturated heterocycles. The van der Waals surface area contributed by atoms with E-state index in [9.17, 15) is 9.59 Å². The summed E-state index contributed by atoms with van der Waals surface area (Å²) in [5.74, 6) is 0.229. The van der Waals surface area contributed by atoms with E-state index >= 15 is 0 Å². The molecule has 1 aromatic heterocycles. The zero-order valence-electron chi connectivity index (χ0n) is 16.5. The van der Waals surface area contributed by atoms with Crippen LogP contribution in [-0.2, 0) is 11.3 Å². The number of carbonyl (C=O) groups excluding carboxylic acids is 2. The van der Waals surface area contributed by atoms with Crippen LogP contribution in [0.25, 0.3) is 0 Å². The molecular weight excluding hydrogens is 352 g/mol. The lowest BCUT2D eigenvalue weighted by Crippen LogP contribution is -2.50. The SMILES string of the molecule is CCCN1CCC[C@@]2(CCN(C(=O)c3cnn(Cc4ccccc4)c3)C2)C1=O. The first-order chi connectivity index (χ1) is 13.6. The predicted octanol–water partition coefficient (Wildman–Crippen LogP) is 2.80. The first-order valence-electron chi connectivity index (χ1n) is 10.3. The molecule has 28 heavy (non-hydrogen) atoms. The van der Waals surface area contributed by atoms with Gasteiger partial charge in [0.15, 0.2) is 0 Å². The molecule has 0 radical (unpaired) electrons. The minimum Gasteiger partial charge on any atom is -0.342 e. The van der Waals surface area contributed by atoms with Gasteiger partial charge >= 0.3 is 0 Å². The Morgan fingerprint density at radius 3 is 2.79 bits per heavy atom. The zero-order valence-corrected chi connectivity index (χ0v) is 16.5. The summed E-state index contributed by atoms with van der Waals surface area (Å²) in [6, 6.07) is 10.1. The number of hydrogen-bond donors (Lipinski definition) is 0. The van der Waals surface area contributed by atoms with Crippen LogP contribution in [-0.4, -0.2) is 57.6 Å². The van der Waals surface area contributed by atoms with E-state index in [0.717, 1.165) is 44.3 Å². The fourth-order valence-corrected chi connectivity index (χ4v) is 4.57. The molecule has 0 saturated carbocycles. The summed E-state index contributed by atoms with van der Waals surface area (Å²) in [6.07, 6.45) is 7.13. The monoisotopic (exact) mass is 380 g/mol. The van der Waals surface area contributed by atoms with Crippen molar-refractivity contribution in [2.45, 2.75) is 39.2 Å². The van der Waals surface area contributed by atoms with E-state index in [-0.39, 0.29) is 17.2 Å². The molecule has 0 aliphatic carbocycles. The number of rotatable bonds is 5. The van der Waals surface area contributed by atoms with Crippen molar-refractivity contribution in [2.24, 2.45) is 5.41 Å². The standard InChI is InChI=1S/C22H28N4O2/c1-2-11-24-12-6-9-22(21(24)28)10-13-25(17-22)20(27)19-14-23-26(16-19)15-18-7-4-3-5-8-18/h3-5,7-8,14,16H,2,6,9-13,15,17H2,1H3/t22-/m0/s1. The minimum absolute atomic E-state index is 0.0170. The maximum absolute atomic E-state index is 13.0. The Hall–Kier alpha value is -2.63. The van der Waals surface area contributed by atoms with Crippen molar-refractivity contribution in [2.75, 3.05) is 26.2 Å². The zero-order chi connectivity index (χ0) is 19.6. The van der Waals surface area contributed by atoms with Crippen molar-refractivity contribution < 1.29 is 9.59 Å². The van der Waals surface area contributed by atoms with Crippen molar-refractivity contribution in [1.82, 2.24) is 19.6 Å². The summed E-state index contributed by atoms with van der Waals surface area (Å²) in [7, 11) is 0. The van der Waals surface area contributed by atoms with Gasteiger partial charge in [-0.1, -0.05) is 37.3 Å². The third-order valence-corrected chi connectivity index (χ3v) is 6.03. The molecule has 2 aliphatic heterocycles. The lowest BCUT2D eigenvalue weighted by molar-refractivity contribution is -0.145. The Bertz CT molecular complexity index is 845. The number of aromatic nitrogens is 2. The predicted molar refractivity (Wildman–Crippen MR) is 107 cm³/mol. The topological polar surface area (TPSA) is 58.4 Å². The van der Waals surface area contributed by atoms with Crippen molar-refractivity contribution in [3.05, 3.63) is 53.9 Å². The second kappa shape index (κ2) is 7.78. The molecule has 6 nitrogen and oxygen atoms in total. The van der Waals surface area contributed by atoms with Crippen LogP contribution in [0.1, 0.15) is 48.5 Å². The van der Waals surface area contributed by atoms with Crippen LogP contribution in [0.5, 0.6) is 0 Å². The van der Waals surface area contributed by atoms with Crippen molar-refractivity contribution >= 4 is 11.8 Å². The highest BCUT2D eigenvalue weighted by atomic mass is 16.2. The Kier molecular flexibility index (Phi) is 5.20. The van der Waals surface area contributed by atoms with Gasteiger partial charge in [-0.2, -0.15) is 5.10 Å². The molecule has 4 rings (SSSR count). The highest BCUT2D eigenvalue weighted by molar-refractivity contribution is 5.95. The highest BCUT2D eigenvalue weighted by Crippen LogP contribution is 2.40. The van der Waals surface area contributed by atoms with Gasteiger partial charge in [0.25, 0.3) is 5.91 Å². The maximum atomic E-state index is 13.0. The molecule has 148 valence electrons. The molecule has 0 N–H and O–H groups in total. The highest BCUT2D eigenvalue weighted by Gasteiger charge is 2.49. The van der Waals surface area contributed by atoms with Crippen LogP contribution < -0.4 is 0 Å². The third-order valence-electron chi connectivity index (χ3n) is 6.03. The molecule has 0 bridgehead atoms. The van der Waals surface area contributed by atoms with Crippen LogP contribution in [0.15, 0.2) is 42.7 Å². The summed E-state index contributed by atoms with van der Waals surface area (Å²) in [5.41, 5.74) is 1.37. The second-order valence-electron chi connectivity index (χ2n) is 8.06. The van der Waals surface area contributed by atoms with Crippen molar-refractivity contribution in [3.8, 4) is 0 Å². The Balaban J connectivity index is 1.43. The number of piperidine rings is 1. The van der Waals surface area contributed by atoms with E-state index < -0.39 is 0 Å². The Morgan fingerprint density at radius 2 is 2.00 bits per heavy atom. The number of amides is 2. The minimum atomic E-state index is -0.372. The summed E-state index contributed by atoms with van der Waals surface area (Å²) in [6.45, 7) is 5.60. The quantitative estimate of drug-likeness (QED) is 0.801. The number of likely N-dealkylation sites (tertiary alicyclic amines) is 2. The molecule has 1 spiro atoms. The van der Waals surface area contributed by atoms with E-state index in [4.69, 9.17) is 0 Å². The molecule has 2 fully saturated rings. The Labute approximate surface area is 166 Å². The smallest absolute Gasteiger partial charge is 0.257 e. The summed E-state index contributed by atoms with van der Waals surface area (Å²) in [5, 5.41) is 4.35. The van der Waals surface area contributed by atoms with Gasteiger partial charge in [0.1, 0.15) is 0 Å². The van der Waals surface area contributed by atoms with E-state index in [2.05, 4.69) is 12.0 Å². The van der Waals surface area contributed by atoms with E-state index in [1.54, 1.807) is 10.9 Å². The van der Waals surface area contributed by atoms with Crippen LogP contribution in [0.3, 0.4) is 0 Å². The average molecular weight is 380 g/mol. The summed E-state index contributed by atoms with van der Waals surface area (Å²) >= 11 is 0. The maximum Gasteiger partial charge on any atom is 0.257 e. The van der Waals surface area contributed by atoms with Crippen LogP contribution in [0, 0.1) is 5.41 Å². The molecule has 0 unspecified atom stereocenters. The van der Waals surface area contributed by atoms with Gasteiger partial charge in [-0.3, -0.25) is 14.3 Å². The van der Waals surface area contributed by atoms with Crippen molar-refractivity contribution in [3.63, 3.8) is 0 Å². The average Bonchev–Trinajstić information content (AvgIpc) is 3.34. The van der Waals surface area contributed by atoms with Crippen molar-refractivity contribution in [1.29, 1.82) is 0 Å². The number of hydrogen-bond acceptors (Lipinski definition) is 3. The van der Waals surface area contributed by atoms with Gasteiger partial charge in [-0.05, 0) is 31.2 Å². The third kappa shape index (κ3) is 3.55. The van der Waals surface area contributed by atoms with Crippen LogP contribution in [0.2, 0.25) is 0 Å². The van der Waals surface area contributed by atoms with Gasteiger partial charge in [0.2, 0.25) is 5.91 Å². The summed E-state index contributed by atoms with van der Waals surface area (Å²) < 4.78 is 1.79. The molecule has 6 heteroatoms. The fraction of sp³-hybridized carbons (Fsp3) is 0.500. The lowest BCUT2D eigenvalue weighted by atomic mass is 9.78. The van der Waals surface area contributed by atoms with Gasteiger partial charge in [0.05, 0.1) is 23.7 Å². The van der Waals surface area contributed by atoms with Crippen LogP contribution >= 0.6 is 0 Å². The van der Waals surface area contributed by atoms with E-state index in [1.807, 2.05) is 46.3 Å². The van der Waals surface area contributed by atoms with E-state index in [0.29, 0.717) is 25.2 Å². The molecule has 2 aromatic rings. The molecule has 2 aliphatic rings. The number of nitrogens with zero attached hydrogens (tertiary/aromatic N) is 4. The van der Waals surface area contributed by atoms with Gasteiger partial charge < -0.3 is 9.80 Å². The first kappa shape index (κ1) is 18.7. The van der Waals surface area contributed by atoms with Gasteiger partial charge in [0, 0.05) is 32.4 Å². The van der Waals surface area contributed by atoms with Crippen LogP contribution in [0.4, 0.5) is 0 Å². The normalized spacial score (nSPS) is 22.2. The lowest BCUT2D eigenvalue weighted by Gasteiger charge is -2.39. The van der Waals surface area contributed by atoms with Gasteiger partial charge in [-0.15, -0.1) is 0 Å². The molecule has 3 heterocycles. The largest absolute Gasteiger partial charge is 0.342 e. The molecule has 1 atom stereocenters. The Morgan fingerprint density at radius 1 is 1.18 bits per heavy atom. The molecule has 2 amide bonds. The second-order valence-corrected chi connectivity index (χ2v) is 8.06. The summed E-state index contributed by atoms with van der Waals surface area (Å²) in [4.78, 5) is 29.9.